The molecule has 2 heterocycles. The van der Waals surface area contributed by atoms with Crippen LogP contribution in [0.2, 0.25) is 0 Å². The van der Waals surface area contributed by atoms with Gasteiger partial charge < -0.3 is 15.4 Å². The highest BCUT2D eigenvalue weighted by atomic mass is 16.5. The van der Waals surface area contributed by atoms with Crippen molar-refractivity contribution in [1.82, 2.24) is 14.9 Å². The first-order chi connectivity index (χ1) is 13.1. The molecular weight excluding hydrogens is 348 g/mol. The molecule has 0 atom stereocenters. The summed E-state index contributed by atoms with van der Waals surface area (Å²) in [6, 6.07) is 12.3. The molecule has 0 saturated heterocycles. The van der Waals surface area contributed by atoms with Crippen molar-refractivity contribution in [3.8, 4) is 5.75 Å². The maximum Gasteiger partial charge on any atom is 0.262 e. The number of para-hydroxylation sites is 1. The molecule has 2 amide bonds. The number of hydrogen-bond acceptors (Lipinski definition) is 5. The third-order valence-corrected chi connectivity index (χ3v) is 4.21. The van der Waals surface area contributed by atoms with Crippen molar-refractivity contribution < 1.29 is 14.3 Å². The Hall–Kier alpha value is -3.68. The van der Waals surface area contributed by atoms with Crippen LogP contribution in [0, 0.1) is 0 Å². The Kier molecular flexibility index (Phi) is 4.29. The monoisotopic (exact) mass is 364 g/mol. The first-order valence-corrected chi connectivity index (χ1v) is 8.36. The quantitative estimate of drug-likeness (QED) is 0.720. The fourth-order valence-electron chi connectivity index (χ4n) is 2.87. The molecule has 1 aliphatic heterocycles. The molecule has 0 saturated carbocycles. The number of anilines is 1. The second-order valence-corrected chi connectivity index (χ2v) is 6.14. The van der Waals surface area contributed by atoms with Crippen LogP contribution in [-0.4, -0.2) is 28.0 Å². The van der Waals surface area contributed by atoms with E-state index in [1.807, 2.05) is 0 Å². The number of fused-ring (bicyclic) bond motifs is 2. The topological polar surface area (TPSA) is 102 Å². The van der Waals surface area contributed by atoms with Gasteiger partial charge in [0.25, 0.3) is 11.5 Å². The van der Waals surface area contributed by atoms with Crippen LogP contribution in [0.4, 0.5) is 5.69 Å². The fraction of sp³-hybridized carbons (Fsp3) is 0.158. The summed E-state index contributed by atoms with van der Waals surface area (Å²) in [5.74, 6) is 0.0671. The molecule has 1 aromatic heterocycles. The smallest absolute Gasteiger partial charge is 0.262 e. The Balaban J connectivity index is 1.43. The summed E-state index contributed by atoms with van der Waals surface area (Å²) >= 11 is 0. The Bertz CT molecular complexity index is 1110. The molecule has 3 aromatic rings. The largest absolute Gasteiger partial charge is 0.482 e. The normalized spacial score (nSPS) is 12.8. The van der Waals surface area contributed by atoms with Crippen LogP contribution in [0.3, 0.4) is 0 Å². The van der Waals surface area contributed by atoms with E-state index in [0.29, 0.717) is 22.3 Å². The molecule has 27 heavy (non-hydrogen) atoms. The Morgan fingerprint density at radius 2 is 2.07 bits per heavy atom. The lowest BCUT2D eigenvalue weighted by molar-refractivity contribution is -0.122. The van der Waals surface area contributed by atoms with Crippen LogP contribution in [-0.2, 0) is 22.7 Å². The predicted molar refractivity (Wildman–Crippen MR) is 98.4 cm³/mol. The average molecular weight is 364 g/mol. The van der Waals surface area contributed by atoms with Gasteiger partial charge in [0.2, 0.25) is 5.91 Å². The molecule has 1 aliphatic rings. The van der Waals surface area contributed by atoms with Gasteiger partial charge in [0, 0.05) is 6.54 Å². The SMILES string of the molecule is O=C(Cn1cnc2ccccc2c1=O)NCc1ccc2c(c1)NC(=O)CO2. The number of benzene rings is 2. The first kappa shape index (κ1) is 16.8. The zero-order valence-corrected chi connectivity index (χ0v) is 14.3. The van der Waals surface area contributed by atoms with E-state index in [0.717, 1.165) is 5.56 Å². The fourth-order valence-corrected chi connectivity index (χ4v) is 2.87. The van der Waals surface area contributed by atoms with E-state index in [1.165, 1.54) is 10.9 Å². The maximum atomic E-state index is 12.4. The minimum Gasteiger partial charge on any atom is -0.482 e. The summed E-state index contributed by atoms with van der Waals surface area (Å²) in [6.07, 6.45) is 1.37. The number of aromatic nitrogens is 2. The zero-order chi connectivity index (χ0) is 18.8. The van der Waals surface area contributed by atoms with Gasteiger partial charge in [-0.25, -0.2) is 4.98 Å². The van der Waals surface area contributed by atoms with Crippen LogP contribution in [0.15, 0.2) is 53.6 Å². The van der Waals surface area contributed by atoms with Crippen molar-refractivity contribution in [1.29, 1.82) is 0 Å². The van der Waals surface area contributed by atoms with Gasteiger partial charge in [-0.3, -0.25) is 19.0 Å². The van der Waals surface area contributed by atoms with Crippen LogP contribution >= 0.6 is 0 Å². The number of rotatable bonds is 4. The molecule has 8 heteroatoms. The van der Waals surface area contributed by atoms with Crippen molar-refractivity contribution in [3.05, 3.63) is 64.7 Å². The summed E-state index contributed by atoms with van der Waals surface area (Å²) in [5.41, 5.74) is 1.71. The van der Waals surface area contributed by atoms with Gasteiger partial charge in [0.1, 0.15) is 12.3 Å². The molecular formula is C19H16N4O4. The summed E-state index contributed by atoms with van der Waals surface area (Å²) in [4.78, 5) is 40.2. The van der Waals surface area contributed by atoms with Gasteiger partial charge in [-0.05, 0) is 29.8 Å². The molecule has 0 spiro atoms. The Morgan fingerprint density at radius 1 is 1.22 bits per heavy atom. The Morgan fingerprint density at radius 3 is 2.96 bits per heavy atom. The van der Waals surface area contributed by atoms with Crippen LogP contribution in [0.1, 0.15) is 5.56 Å². The lowest BCUT2D eigenvalue weighted by Crippen LogP contribution is -2.32. The molecule has 0 bridgehead atoms. The minimum absolute atomic E-state index is 0.00235. The summed E-state index contributed by atoms with van der Waals surface area (Å²) < 4.78 is 6.58. The van der Waals surface area contributed by atoms with Gasteiger partial charge in [0.15, 0.2) is 6.61 Å². The van der Waals surface area contributed by atoms with Crippen molar-refractivity contribution in [2.45, 2.75) is 13.1 Å². The number of hydrogen-bond donors (Lipinski definition) is 2. The van der Waals surface area contributed by atoms with Gasteiger partial charge in [-0.15, -0.1) is 0 Å². The second kappa shape index (κ2) is 6.91. The van der Waals surface area contributed by atoms with Crippen molar-refractivity contribution >= 4 is 28.4 Å². The van der Waals surface area contributed by atoms with Gasteiger partial charge in [0.05, 0.1) is 22.9 Å². The number of nitrogens with zero attached hydrogens (tertiary/aromatic N) is 2. The highest BCUT2D eigenvalue weighted by Gasteiger charge is 2.16. The molecule has 0 unspecified atom stereocenters. The van der Waals surface area contributed by atoms with Crippen molar-refractivity contribution in [2.75, 3.05) is 11.9 Å². The highest BCUT2D eigenvalue weighted by Crippen LogP contribution is 2.28. The molecule has 0 radical (unpaired) electrons. The summed E-state index contributed by atoms with van der Waals surface area (Å²) in [7, 11) is 0. The average Bonchev–Trinajstić information content (AvgIpc) is 2.68. The molecule has 8 nitrogen and oxygen atoms in total. The third-order valence-electron chi connectivity index (χ3n) is 4.21. The van der Waals surface area contributed by atoms with E-state index in [9.17, 15) is 14.4 Å². The number of amides is 2. The van der Waals surface area contributed by atoms with Crippen LogP contribution < -0.4 is 20.9 Å². The standard InChI is InChI=1S/C19H16N4O4/c24-17(9-23-11-21-14-4-2-1-3-13(14)19(23)26)20-8-12-5-6-16-15(7-12)22-18(25)10-27-16/h1-7,11H,8-10H2,(H,20,24)(H,22,25). The molecule has 2 aromatic carbocycles. The van der Waals surface area contributed by atoms with Gasteiger partial charge in [-0.1, -0.05) is 18.2 Å². The zero-order valence-electron chi connectivity index (χ0n) is 14.3. The van der Waals surface area contributed by atoms with E-state index in [1.54, 1.807) is 42.5 Å². The molecule has 0 aliphatic carbocycles. The molecule has 136 valence electrons. The minimum atomic E-state index is -0.313. The number of carbonyl (C=O) groups is 2. The van der Waals surface area contributed by atoms with Crippen LogP contribution in [0.25, 0.3) is 10.9 Å². The first-order valence-electron chi connectivity index (χ1n) is 8.36. The van der Waals surface area contributed by atoms with Crippen molar-refractivity contribution in [2.24, 2.45) is 0 Å². The van der Waals surface area contributed by atoms with E-state index in [2.05, 4.69) is 15.6 Å². The van der Waals surface area contributed by atoms with E-state index in [-0.39, 0.29) is 37.1 Å². The third kappa shape index (κ3) is 3.50. The molecule has 4 rings (SSSR count). The predicted octanol–water partition coefficient (Wildman–Crippen LogP) is 1.04. The van der Waals surface area contributed by atoms with E-state index < -0.39 is 0 Å². The number of carbonyl (C=O) groups excluding carboxylic acids is 2. The molecule has 2 N–H and O–H groups in total. The lowest BCUT2D eigenvalue weighted by atomic mass is 10.1. The second-order valence-electron chi connectivity index (χ2n) is 6.14. The lowest BCUT2D eigenvalue weighted by Gasteiger charge is -2.18. The van der Waals surface area contributed by atoms with Gasteiger partial charge >= 0.3 is 0 Å². The summed E-state index contributed by atoms with van der Waals surface area (Å²) in [6.45, 7) is 0.136. The number of ether oxygens (including phenoxy) is 1. The maximum absolute atomic E-state index is 12.4. The number of nitrogens with one attached hydrogen (secondary N) is 2. The van der Waals surface area contributed by atoms with Crippen LogP contribution in [0.5, 0.6) is 5.75 Å². The highest BCUT2D eigenvalue weighted by molar-refractivity contribution is 5.95. The summed E-state index contributed by atoms with van der Waals surface area (Å²) in [5, 5.41) is 5.95. The molecule has 0 fully saturated rings. The van der Waals surface area contributed by atoms with E-state index >= 15 is 0 Å². The van der Waals surface area contributed by atoms with E-state index in [4.69, 9.17) is 4.74 Å². The van der Waals surface area contributed by atoms with Gasteiger partial charge in [-0.2, -0.15) is 0 Å². The Labute approximate surface area is 153 Å². The van der Waals surface area contributed by atoms with Crippen molar-refractivity contribution in [3.63, 3.8) is 0 Å².